The van der Waals surface area contributed by atoms with Crippen LogP contribution in [0.25, 0.3) is 0 Å². The van der Waals surface area contributed by atoms with Crippen molar-refractivity contribution >= 4 is 0 Å². The predicted molar refractivity (Wildman–Crippen MR) is 56.9 cm³/mol. The van der Waals surface area contributed by atoms with Crippen molar-refractivity contribution in [3.8, 4) is 0 Å². The van der Waals surface area contributed by atoms with Gasteiger partial charge in [-0.15, -0.1) is 0 Å². The summed E-state index contributed by atoms with van der Waals surface area (Å²) in [4.78, 5) is 0. The maximum atomic E-state index is 2.42. The minimum atomic E-state index is 0.815. The average Bonchev–Trinajstić information content (AvgIpc) is 2.47. The number of rotatable bonds is 0. The molecule has 0 radical (unpaired) electrons. The Hall–Kier alpha value is -0.790. The SMILES string of the molecule is CC1CCCn2cc[n+](C)c2CC1C. The van der Waals surface area contributed by atoms with Crippen LogP contribution in [0, 0.1) is 11.8 Å². The Balaban J connectivity index is 2.27. The van der Waals surface area contributed by atoms with Gasteiger partial charge in [0.05, 0.1) is 20.0 Å². The molecule has 0 fully saturated rings. The van der Waals surface area contributed by atoms with Crippen molar-refractivity contribution in [2.75, 3.05) is 0 Å². The van der Waals surface area contributed by atoms with E-state index in [2.05, 4.69) is 42.4 Å². The highest BCUT2D eigenvalue weighted by atomic mass is 15.1. The van der Waals surface area contributed by atoms with Gasteiger partial charge >= 0.3 is 0 Å². The smallest absolute Gasteiger partial charge is 0.237 e. The fraction of sp³-hybridized carbons (Fsp3) is 0.750. The fourth-order valence-electron chi connectivity index (χ4n) is 2.38. The van der Waals surface area contributed by atoms with Crippen LogP contribution >= 0.6 is 0 Å². The number of imidazole rings is 1. The first-order valence-electron chi connectivity index (χ1n) is 5.72. The summed E-state index contributed by atoms with van der Waals surface area (Å²) in [6, 6.07) is 0. The molecule has 2 heterocycles. The summed E-state index contributed by atoms with van der Waals surface area (Å²) < 4.78 is 4.69. The van der Waals surface area contributed by atoms with Gasteiger partial charge in [-0.1, -0.05) is 13.8 Å². The summed E-state index contributed by atoms with van der Waals surface area (Å²) >= 11 is 0. The van der Waals surface area contributed by atoms with Crippen molar-refractivity contribution in [1.29, 1.82) is 0 Å². The maximum Gasteiger partial charge on any atom is 0.256 e. The van der Waals surface area contributed by atoms with E-state index in [1.807, 2.05) is 0 Å². The maximum absolute atomic E-state index is 2.42. The number of aryl methyl sites for hydroxylation is 2. The lowest BCUT2D eigenvalue weighted by atomic mass is 9.88. The Kier molecular flexibility index (Phi) is 2.62. The molecule has 0 aromatic carbocycles. The van der Waals surface area contributed by atoms with Gasteiger partial charge in [0, 0.05) is 0 Å². The molecule has 2 unspecified atom stereocenters. The molecule has 2 atom stereocenters. The molecule has 0 bridgehead atoms. The summed E-state index contributed by atoms with van der Waals surface area (Å²) in [5.74, 6) is 3.18. The molecule has 0 saturated heterocycles. The van der Waals surface area contributed by atoms with Gasteiger partial charge in [0.2, 0.25) is 0 Å². The van der Waals surface area contributed by atoms with Gasteiger partial charge in [0.1, 0.15) is 12.4 Å². The van der Waals surface area contributed by atoms with Gasteiger partial charge in [-0.2, -0.15) is 0 Å². The molecule has 0 amide bonds. The molecule has 2 nitrogen and oxygen atoms in total. The molecule has 0 N–H and O–H groups in total. The standard InChI is InChI=1S/C12H21N2/c1-10-5-4-6-14-8-7-13(3)12(14)9-11(10)2/h7-8,10-11H,4-6,9H2,1-3H3/q+1. The highest BCUT2D eigenvalue weighted by Gasteiger charge is 2.23. The van der Waals surface area contributed by atoms with Crippen LogP contribution in [-0.4, -0.2) is 4.57 Å². The topological polar surface area (TPSA) is 8.81 Å². The van der Waals surface area contributed by atoms with Crippen LogP contribution in [0.15, 0.2) is 12.4 Å². The molecule has 0 saturated carbocycles. The Morgan fingerprint density at radius 3 is 2.93 bits per heavy atom. The zero-order chi connectivity index (χ0) is 10.1. The van der Waals surface area contributed by atoms with Crippen molar-refractivity contribution < 1.29 is 4.57 Å². The monoisotopic (exact) mass is 193 g/mol. The second kappa shape index (κ2) is 3.76. The quantitative estimate of drug-likeness (QED) is 0.557. The lowest BCUT2D eigenvalue weighted by molar-refractivity contribution is -0.679. The molecule has 0 spiro atoms. The van der Waals surface area contributed by atoms with E-state index in [1.165, 1.54) is 31.6 Å². The molecule has 1 aromatic rings. The largest absolute Gasteiger partial charge is 0.256 e. The Morgan fingerprint density at radius 2 is 2.14 bits per heavy atom. The van der Waals surface area contributed by atoms with Gasteiger partial charge in [-0.3, -0.25) is 0 Å². The van der Waals surface area contributed by atoms with Crippen LogP contribution in [0.2, 0.25) is 0 Å². The molecule has 2 heteroatoms. The van der Waals surface area contributed by atoms with Crippen LogP contribution in [0.5, 0.6) is 0 Å². The molecule has 2 rings (SSSR count). The van der Waals surface area contributed by atoms with Crippen LogP contribution < -0.4 is 4.57 Å². The van der Waals surface area contributed by atoms with Crippen molar-refractivity contribution in [2.24, 2.45) is 18.9 Å². The Labute approximate surface area is 86.6 Å². The number of nitrogens with zero attached hydrogens (tertiary/aromatic N) is 2. The van der Waals surface area contributed by atoms with Crippen molar-refractivity contribution in [1.82, 2.24) is 4.57 Å². The molecule has 78 valence electrons. The minimum Gasteiger partial charge on any atom is -0.237 e. The Morgan fingerprint density at radius 1 is 1.36 bits per heavy atom. The fourth-order valence-corrected chi connectivity index (χ4v) is 2.38. The van der Waals surface area contributed by atoms with Crippen molar-refractivity contribution in [2.45, 2.75) is 39.7 Å². The lowest BCUT2D eigenvalue weighted by Crippen LogP contribution is -2.35. The molecule has 1 aromatic heterocycles. The first-order chi connectivity index (χ1) is 6.68. The second-order valence-corrected chi connectivity index (χ2v) is 4.82. The highest BCUT2D eigenvalue weighted by Crippen LogP contribution is 2.23. The van der Waals surface area contributed by atoms with Crippen molar-refractivity contribution in [3.05, 3.63) is 18.2 Å². The van der Waals surface area contributed by atoms with E-state index in [0.717, 1.165) is 11.8 Å². The highest BCUT2D eigenvalue weighted by molar-refractivity contribution is 4.88. The number of aromatic nitrogens is 2. The molecule has 0 aliphatic carbocycles. The molecular weight excluding hydrogens is 172 g/mol. The van der Waals surface area contributed by atoms with E-state index in [-0.39, 0.29) is 0 Å². The predicted octanol–water partition coefficient (Wildman–Crippen LogP) is 1.92. The summed E-state index contributed by atoms with van der Waals surface area (Å²) in [6.45, 7) is 5.98. The lowest BCUT2D eigenvalue weighted by Gasteiger charge is -2.21. The van der Waals surface area contributed by atoms with Crippen molar-refractivity contribution in [3.63, 3.8) is 0 Å². The third-order valence-corrected chi connectivity index (χ3v) is 3.74. The van der Waals surface area contributed by atoms with Crippen LogP contribution in [0.4, 0.5) is 0 Å². The summed E-state index contributed by atoms with van der Waals surface area (Å²) in [5, 5.41) is 0. The molecule has 1 aliphatic rings. The zero-order valence-electron chi connectivity index (χ0n) is 9.53. The van der Waals surface area contributed by atoms with Crippen LogP contribution in [-0.2, 0) is 20.0 Å². The first kappa shape index (κ1) is 9.75. The Bertz CT molecular complexity index is 314. The van der Waals surface area contributed by atoms with E-state index in [1.54, 1.807) is 0 Å². The zero-order valence-corrected chi connectivity index (χ0v) is 9.53. The van der Waals surface area contributed by atoms with Crippen LogP contribution in [0.3, 0.4) is 0 Å². The van der Waals surface area contributed by atoms with E-state index >= 15 is 0 Å². The third-order valence-electron chi connectivity index (χ3n) is 3.74. The molecule has 1 aliphatic heterocycles. The number of fused-ring (bicyclic) bond motifs is 1. The van der Waals surface area contributed by atoms with Crippen LogP contribution in [0.1, 0.15) is 32.5 Å². The van der Waals surface area contributed by atoms with E-state index < -0.39 is 0 Å². The van der Waals surface area contributed by atoms with Gasteiger partial charge in [0.25, 0.3) is 5.82 Å². The van der Waals surface area contributed by atoms with E-state index in [0.29, 0.717) is 0 Å². The van der Waals surface area contributed by atoms with E-state index in [9.17, 15) is 0 Å². The summed E-state index contributed by atoms with van der Waals surface area (Å²) in [5.41, 5.74) is 0. The number of hydrogen-bond donors (Lipinski definition) is 0. The minimum absolute atomic E-state index is 0.815. The van der Waals surface area contributed by atoms with Gasteiger partial charge in [-0.25, -0.2) is 9.13 Å². The number of hydrogen-bond acceptors (Lipinski definition) is 0. The molecule has 14 heavy (non-hydrogen) atoms. The third kappa shape index (κ3) is 1.70. The molecular formula is C12H21N2+. The summed E-state index contributed by atoms with van der Waals surface area (Å²) in [7, 11) is 2.16. The summed E-state index contributed by atoms with van der Waals surface area (Å²) in [6.07, 6.45) is 8.33. The normalized spacial score (nSPS) is 27.9. The van der Waals surface area contributed by atoms with E-state index in [4.69, 9.17) is 0 Å². The first-order valence-corrected chi connectivity index (χ1v) is 5.72. The van der Waals surface area contributed by atoms with Gasteiger partial charge in [-0.05, 0) is 24.7 Å². The van der Waals surface area contributed by atoms with Gasteiger partial charge in [0.15, 0.2) is 0 Å². The van der Waals surface area contributed by atoms with Gasteiger partial charge < -0.3 is 0 Å². The second-order valence-electron chi connectivity index (χ2n) is 4.82. The average molecular weight is 193 g/mol.